The first-order chi connectivity index (χ1) is 7.69. The number of hydrogen-bond acceptors (Lipinski definition) is 3. The van der Waals surface area contributed by atoms with E-state index in [-0.39, 0.29) is 5.82 Å². The lowest BCUT2D eigenvalue weighted by Crippen LogP contribution is -2.27. The number of fused-ring (bicyclic) bond motifs is 1. The van der Waals surface area contributed by atoms with Crippen molar-refractivity contribution >= 4 is 21.6 Å². The highest BCUT2D eigenvalue weighted by Gasteiger charge is 2.08. The summed E-state index contributed by atoms with van der Waals surface area (Å²) in [5.41, 5.74) is 0.767. The molecule has 1 N–H and O–H groups in total. The third-order valence-corrected chi connectivity index (χ3v) is 3.49. The van der Waals surface area contributed by atoms with Gasteiger partial charge in [-0.05, 0) is 25.6 Å². The second-order valence-corrected chi connectivity index (χ2v) is 5.00. The van der Waals surface area contributed by atoms with E-state index < -0.39 is 0 Å². The van der Waals surface area contributed by atoms with Gasteiger partial charge >= 0.3 is 0 Å². The molecule has 1 unspecified atom stereocenters. The van der Waals surface area contributed by atoms with E-state index in [1.165, 1.54) is 12.1 Å². The quantitative estimate of drug-likeness (QED) is 0.885. The first-order valence-corrected chi connectivity index (χ1v) is 6.29. The van der Waals surface area contributed by atoms with Gasteiger partial charge in [0.25, 0.3) is 0 Å². The molecule has 86 valence electrons. The minimum atomic E-state index is -0.218. The van der Waals surface area contributed by atoms with Gasteiger partial charge in [-0.3, -0.25) is 0 Å². The van der Waals surface area contributed by atoms with Gasteiger partial charge in [0.2, 0.25) is 0 Å². The number of nitrogens with one attached hydrogen (secondary N) is 1. The topological polar surface area (TPSA) is 24.9 Å². The molecular weight excluding hydrogens is 223 g/mol. The molecule has 0 aliphatic carbocycles. The Labute approximate surface area is 98.5 Å². The first kappa shape index (κ1) is 11.5. The van der Waals surface area contributed by atoms with Gasteiger partial charge in [-0.2, -0.15) is 0 Å². The van der Waals surface area contributed by atoms with Crippen LogP contribution in [0.5, 0.6) is 0 Å². The summed E-state index contributed by atoms with van der Waals surface area (Å²) in [6.07, 6.45) is 0.898. The Morgan fingerprint density at radius 2 is 2.31 bits per heavy atom. The smallest absolute Gasteiger partial charge is 0.125 e. The lowest BCUT2D eigenvalue weighted by molar-refractivity contribution is 0.564. The van der Waals surface area contributed by atoms with Crippen LogP contribution in [0.1, 0.15) is 18.9 Å². The van der Waals surface area contributed by atoms with Crippen molar-refractivity contribution in [2.45, 2.75) is 26.3 Å². The Morgan fingerprint density at radius 1 is 1.50 bits per heavy atom. The fraction of sp³-hybridized carbons (Fsp3) is 0.417. The van der Waals surface area contributed by atoms with Crippen molar-refractivity contribution < 1.29 is 4.39 Å². The molecule has 4 heteroatoms. The summed E-state index contributed by atoms with van der Waals surface area (Å²) in [7, 11) is 0. The zero-order valence-electron chi connectivity index (χ0n) is 9.46. The molecule has 0 amide bonds. The normalized spacial score (nSPS) is 13.2. The number of benzene rings is 1. The van der Waals surface area contributed by atoms with E-state index in [2.05, 4.69) is 24.1 Å². The van der Waals surface area contributed by atoms with E-state index in [1.807, 2.05) is 0 Å². The average Bonchev–Trinajstić information content (AvgIpc) is 2.59. The maximum Gasteiger partial charge on any atom is 0.125 e. The van der Waals surface area contributed by atoms with Gasteiger partial charge < -0.3 is 5.32 Å². The molecule has 0 spiro atoms. The van der Waals surface area contributed by atoms with Crippen LogP contribution in [0.25, 0.3) is 10.2 Å². The van der Waals surface area contributed by atoms with Crippen LogP contribution in [-0.2, 0) is 6.42 Å². The molecule has 0 saturated heterocycles. The third kappa shape index (κ3) is 2.57. The van der Waals surface area contributed by atoms with Gasteiger partial charge in [-0.25, -0.2) is 9.37 Å². The van der Waals surface area contributed by atoms with Crippen molar-refractivity contribution in [3.8, 4) is 0 Å². The first-order valence-electron chi connectivity index (χ1n) is 5.47. The van der Waals surface area contributed by atoms with E-state index >= 15 is 0 Å². The molecule has 0 aliphatic heterocycles. The molecular formula is C12H15FN2S. The van der Waals surface area contributed by atoms with E-state index in [9.17, 15) is 4.39 Å². The monoisotopic (exact) mass is 238 g/mol. The lowest BCUT2D eigenvalue weighted by atomic mass is 10.2. The van der Waals surface area contributed by atoms with Crippen LogP contribution < -0.4 is 5.32 Å². The van der Waals surface area contributed by atoms with Crippen LogP contribution in [0.4, 0.5) is 4.39 Å². The van der Waals surface area contributed by atoms with Crippen molar-refractivity contribution in [1.29, 1.82) is 0 Å². The minimum absolute atomic E-state index is 0.218. The lowest BCUT2D eigenvalue weighted by Gasteiger charge is -2.08. The predicted octanol–water partition coefficient (Wildman–Crippen LogP) is 2.98. The van der Waals surface area contributed by atoms with Crippen LogP contribution >= 0.6 is 11.3 Å². The van der Waals surface area contributed by atoms with Crippen molar-refractivity contribution in [2.24, 2.45) is 0 Å². The zero-order valence-corrected chi connectivity index (χ0v) is 10.3. The Balaban J connectivity index is 2.19. The molecule has 0 saturated carbocycles. The average molecular weight is 238 g/mol. The van der Waals surface area contributed by atoms with Crippen molar-refractivity contribution in [1.82, 2.24) is 10.3 Å². The summed E-state index contributed by atoms with van der Waals surface area (Å²) in [4.78, 5) is 4.43. The summed E-state index contributed by atoms with van der Waals surface area (Å²) < 4.78 is 14.0. The maximum absolute atomic E-state index is 13.0. The SMILES string of the molecule is CCNC(C)Cc1nc2cc(F)ccc2s1. The summed E-state index contributed by atoms with van der Waals surface area (Å²) in [6.45, 7) is 5.18. The van der Waals surface area contributed by atoms with Crippen molar-refractivity contribution in [2.75, 3.05) is 6.54 Å². The highest BCUT2D eigenvalue weighted by Crippen LogP contribution is 2.23. The highest BCUT2D eigenvalue weighted by atomic mass is 32.1. The second-order valence-electron chi connectivity index (χ2n) is 3.88. The molecule has 0 bridgehead atoms. The van der Waals surface area contributed by atoms with Crippen LogP contribution in [0.15, 0.2) is 18.2 Å². The largest absolute Gasteiger partial charge is 0.314 e. The Kier molecular flexibility index (Phi) is 3.51. The number of hydrogen-bond donors (Lipinski definition) is 1. The molecule has 1 aromatic heterocycles. The third-order valence-electron chi connectivity index (χ3n) is 2.43. The van der Waals surface area contributed by atoms with E-state index in [4.69, 9.17) is 0 Å². The minimum Gasteiger partial charge on any atom is -0.314 e. The van der Waals surface area contributed by atoms with Crippen LogP contribution in [0.2, 0.25) is 0 Å². The van der Waals surface area contributed by atoms with Gasteiger partial charge in [0, 0.05) is 18.5 Å². The number of aromatic nitrogens is 1. The van der Waals surface area contributed by atoms with Crippen LogP contribution in [0, 0.1) is 5.82 Å². The summed E-state index contributed by atoms with van der Waals surface area (Å²) in [5, 5.41) is 4.41. The van der Waals surface area contributed by atoms with Crippen molar-refractivity contribution in [3.05, 3.63) is 29.0 Å². The molecule has 2 nitrogen and oxygen atoms in total. The Morgan fingerprint density at radius 3 is 3.06 bits per heavy atom. The predicted molar refractivity (Wildman–Crippen MR) is 66.4 cm³/mol. The fourth-order valence-electron chi connectivity index (χ4n) is 1.72. The Bertz CT molecular complexity index is 481. The number of rotatable bonds is 4. The molecule has 1 atom stereocenters. The summed E-state index contributed by atoms with van der Waals surface area (Å²) in [5.74, 6) is -0.218. The molecule has 16 heavy (non-hydrogen) atoms. The molecule has 2 rings (SSSR count). The number of thiazole rings is 1. The van der Waals surface area contributed by atoms with Gasteiger partial charge in [0.1, 0.15) is 5.82 Å². The summed E-state index contributed by atoms with van der Waals surface area (Å²) >= 11 is 1.64. The molecule has 1 heterocycles. The fourth-order valence-corrected chi connectivity index (χ4v) is 2.79. The number of likely N-dealkylation sites (N-methyl/N-ethyl adjacent to an activating group) is 1. The molecule has 0 radical (unpaired) electrons. The number of halogens is 1. The summed E-state index contributed by atoms with van der Waals surface area (Å²) in [6, 6.07) is 5.19. The molecule has 2 aromatic rings. The van der Waals surface area contributed by atoms with Gasteiger partial charge in [0.05, 0.1) is 15.2 Å². The standard InChI is InChI=1S/C12H15FN2S/c1-3-14-8(2)6-12-15-10-7-9(13)4-5-11(10)16-12/h4-5,7-8,14H,3,6H2,1-2H3. The highest BCUT2D eigenvalue weighted by molar-refractivity contribution is 7.18. The van der Waals surface area contributed by atoms with E-state index in [0.717, 1.165) is 28.2 Å². The molecule has 0 fully saturated rings. The number of nitrogens with zero attached hydrogens (tertiary/aromatic N) is 1. The van der Waals surface area contributed by atoms with Crippen LogP contribution in [-0.4, -0.2) is 17.6 Å². The Hall–Kier alpha value is -1.00. The van der Waals surface area contributed by atoms with Gasteiger partial charge in [-0.15, -0.1) is 11.3 Å². The van der Waals surface area contributed by atoms with E-state index in [0.29, 0.717) is 6.04 Å². The molecule has 0 aliphatic rings. The van der Waals surface area contributed by atoms with Gasteiger partial charge in [0.15, 0.2) is 0 Å². The second kappa shape index (κ2) is 4.89. The van der Waals surface area contributed by atoms with E-state index in [1.54, 1.807) is 17.4 Å². The van der Waals surface area contributed by atoms with Crippen molar-refractivity contribution in [3.63, 3.8) is 0 Å². The van der Waals surface area contributed by atoms with Gasteiger partial charge in [-0.1, -0.05) is 6.92 Å². The molecule has 1 aromatic carbocycles. The van der Waals surface area contributed by atoms with Crippen LogP contribution in [0.3, 0.4) is 0 Å². The maximum atomic E-state index is 13.0. The zero-order chi connectivity index (χ0) is 11.5.